The smallest absolute Gasteiger partial charge is 0.362 e. The van der Waals surface area contributed by atoms with Gasteiger partial charge in [0.1, 0.15) is 30.0 Å². The second kappa shape index (κ2) is 24.1. The Labute approximate surface area is 507 Å². The maximum absolute atomic E-state index is 14.1. The molecule has 29 heteroatoms. The number of allylic oxidation sites excluding steroid dienone is 4. The first kappa shape index (κ1) is 61.2. The lowest BCUT2D eigenvalue weighted by atomic mass is 9.95. The summed E-state index contributed by atoms with van der Waals surface area (Å²) < 4.78 is 134. The van der Waals surface area contributed by atoms with Crippen LogP contribution in [0.3, 0.4) is 0 Å². The number of nitrogens with zero attached hydrogens (tertiary/aromatic N) is 8. The van der Waals surface area contributed by atoms with E-state index in [1.807, 2.05) is 24.3 Å². The lowest BCUT2D eigenvalue weighted by Gasteiger charge is -2.19. The van der Waals surface area contributed by atoms with E-state index < -0.39 is 73.4 Å². The summed E-state index contributed by atoms with van der Waals surface area (Å²) in [7, 11) is -18.5. The Morgan fingerprint density at radius 1 is 0.337 bits per heavy atom. The minimum absolute atomic E-state index is 0.00773. The molecule has 0 aromatic heterocycles. The van der Waals surface area contributed by atoms with E-state index in [0.29, 0.717) is 20.6 Å². The lowest BCUT2D eigenvalue weighted by Crippen LogP contribution is -2.21. The summed E-state index contributed by atoms with van der Waals surface area (Å²) in [4.78, 5) is 59.7. The number of benzene rings is 8. The largest absolute Gasteiger partial charge is 0.744 e. The van der Waals surface area contributed by atoms with Crippen LogP contribution in [0.15, 0.2) is 199 Å². The van der Waals surface area contributed by atoms with E-state index in [-0.39, 0.29) is 88.6 Å². The van der Waals surface area contributed by atoms with E-state index in [0.717, 1.165) is 46.8 Å². The van der Waals surface area contributed by atoms with Crippen molar-refractivity contribution in [1.29, 1.82) is 0 Å². The van der Waals surface area contributed by atoms with Crippen LogP contribution in [-0.4, -0.2) is 108 Å². The highest BCUT2D eigenvalue weighted by Crippen LogP contribution is 2.48. The standard InChI is InChI=1S/C40H22N4O8S3.2C10H6N2O4S/c41-43-31-19-17-27-29(37(31)45)11-5-13-35(27)54(47,48)51-33-21-15-23-7-1-3-9-25(23)39(33)53-40-26-10-4-2-8-24(26)16-22-34(40)52-55(49,50)36-14-6-12-30-28(36)18-20-32(44-42)38(30)46;2*11-12-8-5-4-6-7(10(8)13)2-1-3-9(6)17(14,15)16/h1-22H;2*1-5H,(H,14,15,16)/p-2. The quantitative estimate of drug-likeness (QED) is 0.0536. The fourth-order valence-corrected chi connectivity index (χ4v) is 14.6. The molecule has 4 aliphatic rings. The van der Waals surface area contributed by atoms with E-state index in [1.54, 1.807) is 36.4 Å². The molecule has 4 aliphatic carbocycles. The molecule has 0 N–H and O–H groups in total. The predicted octanol–water partition coefficient (Wildman–Crippen LogP) is 8.38. The molecule has 0 saturated heterocycles. The lowest BCUT2D eigenvalue weighted by molar-refractivity contribution is -0.00459. The summed E-state index contributed by atoms with van der Waals surface area (Å²) in [5.41, 5.74) is 34.9. The van der Waals surface area contributed by atoms with Crippen molar-refractivity contribution in [2.75, 3.05) is 0 Å². The van der Waals surface area contributed by atoms with Crippen LogP contribution in [-0.2, 0) is 40.5 Å². The number of carbonyl (C=O) groups is 4. The Balaban J connectivity index is 0.000000207. The maximum atomic E-state index is 14.1. The van der Waals surface area contributed by atoms with Crippen molar-refractivity contribution in [3.05, 3.63) is 237 Å². The van der Waals surface area contributed by atoms with Crippen LogP contribution in [0, 0.1) is 0 Å². The fourth-order valence-electron chi connectivity index (χ4n) is 9.56. The molecule has 0 unspecified atom stereocenters. The Morgan fingerprint density at radius 2 is 0.618 bits per heavy atom. The number of hydrogen-bond acceptors (Lipinski definition) is 17. The molecule has 0 spiro atoms. The van der Waals surface area contributed by atoms with Gasteiger partial charge in [-0.1, -0.05) is 121 Å². The average Bonchev–Trinajstić information content (AvgIpc) is 2.39. The molecule has 0 heterocycles. The van der Waals surface area contributed by atoms with E-state index in [1.165, 1.54) is 109 Å². The van der Waals surface area contributed by atoms with E-state index in [4.69, 9.17) is 19.4 Å². The van der Waals surface area contributed by atoms with Gasteiger partial charge in [-0.3, -0.25) is 19.2 Å². The zero-order valence-corrected chi connectivity index (χ0v) is 48.7. The maximum Gasteiger partial charge on any atom is 0.362 e. The van der Waals surface area contributed by atoms with E-state index in [2.05, 4.69) is 19.2 Å². The van der Waals surface area contributed by atoms with Gasteiger partial charge >= 0.3 is 43.1 Å². The summed E-state index contributed by atoms with van der Waals surface area (Å²) in [5, 5.41) is 2.62. The molecule has 12 rings (SSSR count). The summed E-state index contributed by atoms with van der Waals surface area (Å²) in [6.45, 7) is 0. The minimum Gasteiger partial charge on any atom is -0.744 e. The van der Waals surface area contributed by atoms with Gasteiger partial charge in [-0.25, -0.2) is 16.8 Å². The second-order valence-electron chi connectivity index (χ2n) is 18.8. The number of rotatable bonds is 10. The number of hydrogen-bond donors (Lipinski definition) is 0. The molecule has 0 atom stereocenters. The molecule has 0 fully saturated rings. The summed E-state index contributed by atoms with van der Waals surface area (Å²) >= 11 is 1.03. The Morgan fingerprint density at radius 3 is 0.910 bits per heavy atom. The monoisotopic (exact) mass is 1280 g/mol. The van der Waals surface area contributed by atoms with Gasteiger partial charge in [-0.15, -0.1) is 0 Å². The fraction of sp³-hybridized carbons (Fsp3) is 0. The van der Waals surface area contributed by atoms with Crippen LogP contribution in [0.1, 0.15) is 63.7 Å². The van der Waals surface area contributed by atoms with Crippen LogP contribution in [0.25, 0.3) is 68.0 Å². The van der Waals surface area contributed by atoms with Gasteiger partial charge in [0.05, 0.1) is 19.6 Å². The van der Waals surface area contributed by atoms with E-state index >= 15 is 0 Å². The summed E-state index contributed by atoms with van der Waals surface area (Å²) in [5.74, 6) is -2.77. The molecule has 89 heavy (non-hydrogen) atoms. The van der Waals surface area contributed by atoms with Gasteiger partial charge < -0.3 is 39.6 Å². The van der Waals surface area contributed by atoms with Gasteiger partial charge in [0.2, 0.25) is 0 Å². The number of ketones is 4. The SMILES string of the molecule is [N-]=[N+]=C1C=Cc2c(cccc2S(=O)(=O)Oc2ccc3ccccc3c2Sc2c(OS(=O)(=O)c3cccc4c3C=CC(=[N+]=[N-])C4=O)ccc3ccccc23)C1=O.[N-]=[N+]=C1C=Cc2c(cccc2S(=O)(=O)[O-])C1=O.[N-]=[N+]=C1C=Cc2c(cccc2S(=O)(=O)[O-])C1=O. The molecule has 8 aromatic rings. The van der Waals surface area contributed by atoms with Crippen LogP contribution < -0.4 is 8.37 Å². The highest BCUT2D eigenvalue weighted by Gasteiger charge is 2.35. The third-order valence-corrected chi connectivity index (χ3v) is 19.2. The number of Topliss-reactive ketones (excluding diaryl/α,β-unsaturated/α-hetero) is 4. The zero-order valence-electron chi connectivity index (χ0n) is 44.6. The molecule has 0 aliphatic heterocycles. The van der Waals surface area contributed by atoms with Crippen molar-refractivity contribution in [1.82, 2.24) is 0 Å². The van der Waals surface area contributed by atoms with Gasteiger partial charge in [0.25, 0.3) is 23.1 Å². The normalized spacial score (nSPS) is 14.0. The third kappa shape index (κ3) is 11.9. The zero-order chi connectivity index (χ0) is 63.7. The van der Waals surface area contributed by atoms with Crippen LogP contribution >= 0.6 is 11.8 Å². The van der Waals surface area contributed by atoms with Crippen molar-refractivity contribution in [3.63, 3.8) is 0 Å². The van der Waals surface area contributed by atoms with Gasteiger partial charge in [0.15, 0.2) is 11.5 Å². The molecule has 8 aromatic carbocycles. The average molecular weight is 1280 g/mol. The molecule has 440 valence electrons. The topological polar surface area (TPSA) is 415 Å². The van der Waals surface area contributed by atoms with Gasteiger partial charge in [-0.2, -0.15) is 36.0 Å². The van der Waals surface area contributed by atoms with Crippen LogP contribution in [0.2, 0.25) is 0 Å². The highest BCUT2D eigenvalue weighted by atomic mass is 32.2. The Bertz CT molecular complexity index is 5050. The molecule has 0 saturated carbocycles. The molecular weight excluding hydrogens is 1250 g/mol. The van der Waals surface area contributed by atoms with E-state index in [9.17, 15) is 73.0 Å². The van der Waals surface area contributed by atoms with Crippen molar-refractivity contribution >= 4 is 144 Å². The minimum atomic E-state index is -4.65. The number of carbonyl (C=O) groups excluding carboxylic acids is 4. The number of fused-ring (bicyclic) bond motifs is 6. The third-order valence-electron chi connectivity index (χ3n) is 13.6. The Kier molecular flexibility index (Phi) is 16.6. The van der Waals surface area contributed by atoms with Gasteiger partial charge in [-0.05, 0) is 82.2 Å². The molecule has 0 amide bonds. The first-order valence-corrected chi connectivity index (χ1v) is 31.7. The van der Waals surface area contributed by atoms with Gasteiger partial charge in [0, 0.05) is 68.8 Å². The van der Waals surface area contributed by atoms with Crippen molar-refractivity contribution in [2.45, 2.75) is 29.4 Å². The molecule has 24 nitrogen and oxygen atoms in total. The Hall–Kier alpha value is -10.9. The predicted molar refractivity (Wildman–Crippen MR) is 317 cm³/mol. The summed E-state index contributed by atoms with van der Waals surface area (Å²) in [6.07, 6.45) is 9.94. The van der Waals surface area contributed by atoms with Crippen LogP contribution in [0.4, 0.5) is 0 Å². The highest BCUT2D eigenvalue weighted by molar-refractivity contribution is 8.00. The van der Waals surface area contributed by atoms with Crippen LogP contribution in [0.5, 0.6) is 11.5 Å². The molecular formula is C60H32N8O16S5-2. The second-order valence-corrected chi connectivity index (χ2v) is 25.5. The van der Waals surface area contributed by atoms with Crippen molar-refractivity contribution < 1.29 is 89.5 Å². The van der Waals surface area contributed by atoms with Crippen molar-refractivity contribution in [3.8, 4) is 11.5 Å². The molecule has 0 bridgehead atoms. The molecule has 0 radical (unpaired) electrons. The first-order valence-electron chi connectivity index (χ1n) is 25.2. The van der Waals surface area contributed by atoms with Crippen molar-refractivity contribution in [2.24, 2.45) is 0 Å². The summed E-state index contributed by atoms with van der Waals surface area (Å²) in [6, 6.07) is 36.4. The first-order chi connectivity index (χ1) is 42.4.